The number of rotatable bonds is 2. The van der Waals surface area contributed by atoms with Gasteiger partial charge >= 0.3 is 0 Å². The first-order valence-electron chi connectivity index (χ1n) is 4.88. The molecule has 1 aromatic heterocycles. The zero-order chi connectivity index (χ0) is 12.6. The van der Waals surface area contributed by atoms with Crippen LogP contribution in [0.4, 0.5) is 20.4 Å². The minimum absolute atomic E-state index is 0.110. The van der Waals surface area contributed by atoms with Gasteiger partial charge in [-0.1, -0.05) is 5.16 Å². The number of hydrogen-bond acceptors (Lipinski definition) is 4. The molecule has 2 N–H and O–H groups in total. The second-order valence-electron chi connectivity index (χ2n) is 3.77. The fraction of sp³-hybridized carbons (Fsp3) is 0.182. The van der Waals surface area contributed by atoms with E-state index in [-0.39, 0.29) is 11.6 Å². The van der Waals surface area contributed by atoms with Gasteiger partial charge in [0.2, 0.25) is 5.88 Å². The molecule has 0 radical (unpaired) electrons. The highest BCUT2D eigenvalue weighted by Gasteiger charge is 2.18. The van der Waals surface area contributed by atoms with Crippen LogP contribution >= 0.6 is 0 Å². The van der Waals surface area contributed by atoms with Crippen molar-refractivity contribution in [3.63, 3.8) is 0 Å². The maximum absolute atomic E-state index is 13.7. The number of nitrogen functional groups attached to an aromatic ring is 1. The van der Waals surface area contributed by atoms with Crippen molar-refractivity contribution >= 4 is 11.6 Å². The molecule has 17 heavy (non-hydrogen) atoms. The minimum atomic E-state index is -0.922. The van der Waals surface area contributed by atoms with Crippen molar-refractivity contribution in [3.05, 3.63) is 29.8 Å². The Morgan fingerprint density at radius 2 is 2.00 bits per heavy atom. The van der Waals surface area contributed by atoms with Crippen LogP contribution < -0.4 is 10.6 Å². The molecule has 4 nitrogen and oxygen atoms in total. The third kappa shape index (κ3) is 1.93. The number of hydrogen-bond donors (Lipinski definition) is 1. The molecule has 6 heteroatoms. The normalized spacial score (nSPS) is 10.6. The Bertz CT molecular complexity index is 552. The van der Waals surface area contributed by atoms with Crippen LogP contribution in [0.5, 0.6) is 0 Å². The minimum Gasteiger partial charge on any atom is -0.375 e. The van der Waals surface area contributed by atoms with Crippen molar-refractivity contribution in [1.29, 1.82) is 0 Å². The first kappa shape index (κ1) is 11.4. The summed E-state index contributed by atoms with van der Waals surface area (Å²) in [5.41, 5.74) is 6.30. The van der Waals surface area contributed by atoms with Crippen LogP contribution in [0.3, 0.4) is 0 Å². The number of nitrogens with two attached hydrogens (primary N) is 1. The van der Waals surface area contributed by atoms with Crippen molar-refractivity contribution < 1.29 is 13.3 Å². The van der Waals surface area contributed by atoms with Gasteiger partial charge in [-0.15, -0.1) is 0 Å². The maximum atomic E-state index is 13.7. The SMILES string of the molecule is CN(C)c1c(-c2cc(N)on2)ccc(F)c1F. The summed E-state index contributed by atoms with van der Waals surface area (Å²) < 4.78 is 31.6. The van der Waals surface area contributed by atoms with Gasteiger partial charge in [0.05, 0.1) is 5.69 Å². The molecule has 1 heterocycles. The number of halogens is 2. The molecule has 0 amide bonds. The van der Waals surface area contributed by atoms with E-state index in [0.29, 0.717) is 11.3 Å². The molecule has 0 bridgehead atoms. The van der Waals surface area contributed by atoms with Gasteiger partial charge in [-0.05, 0) is 12.1 Å². The monoisotopic (exact) mass is 239 g/mol. The molecule has 0 aliphatic carbocycles. The van der Waals surface area contributed by atoms with Gasteiger partial charge in [-0.3, -0.25) is 0 Å². The quantitative estimate of drug-likeness (QED) is 0.873. The van der Waals surface area contributed by atoms with Crippen LogP contribution in [-0.4, -0.2) is 19.3 Å². The molecule has 0 saturated heterocycles. The topological polar surface area (TPSA) is 55.3 Å². The Kier molecular flexibility index (Phi) is 2.71. The lowest BCUT2D eigenvalue weighted by Gasteiger charge is -2.17. The lowest BCUT2D eigenvalue weighted by molar-refractivity contribution is 0.439. The number of aromatic nitrogens is 1. The zero-order valence-corrected chi connectivity index (χ0v) is 9.37. The Morgan fingerprint density at radius 3 is 2.53 bits per heavy atom. The summed E-state index contributed by atoms with van der Waals surface area (Å²) in [5, 5.41) is 3.68. The van der Waals surface area contributed by atoms with Crippen LogP contribution in [0.1, 0.15) is 0 Å². The van der Waals surface area contributed by atoms with Gasteiger partial charge in [0.15, 0.2) is 11.6 Å². The van der Waals surface area contributed by atoms with Crippen LogP contribution in [-0.2, 0) is 0 Å². The van der Waals surface area contributed by atoms with Gasteiger partial charge < -0.3 is 15.2 Å². The van der Waals surface area contributed by atoms with Crippen molar-refractivity contribution in [3.8, 4) is 11.3 Å². The van der Waals surface area contributed by atoms with E-state index in [1.165, 1.54) is 17.0 Å². The van der Waals surface area contributed by atoms with Gasteiger partial charge in [-0.2, -0.15) is 0 Å². The van der Waals surface area contributed by atoms with Gasteiger partial charge in [0, 0.05) is 25.7 Å². The summed E-state index contributed by atoms with van der Waals surface area (Å²) in [6.07, 6.45) is 0. The highest BCUT2D eigenvalue weighted by molar-refractivity contribution is 5.77. The molecule has 0 saturated carbocycles. The third-order valence-corrected chi connectivity index (χ3v) is 2.32. The van der Waals surface area contributed by atoms with E-state index in [2.05, 4.69) is 5.16 Å². The van der Waals surface area contributed by atoms with E-state index in [4.69, 9.17) is 10.3 Å². The molecule has 0 aliphatic heterocycles. The summed E-state index contributed by atoms with van der Waals surface area (Å²) in [6.45, 7) is 0. The number of benzene rings is 1. The lowest BCUT2D eigenvalue weighted by Crippen LogP contribution is -2.13. The van der Waals surface area contributed by atoms with E-state index < -0.39 is 11.6 Å². The first-order chi connectivity index (χ1) is 8.00. The van der Waals surface area contributed by atoms with Gasteiger partial charge in [-0.25, -0.2) is 8.78 Å². The Morgan fingerprint density at radius 1 is 1.29 bits per heavy atom. The predicted molar refractivity (Wildman–Crippen MR) is 60.6 cm³/mol. The van der Waals surface area contributed by atoms with Crippen LogP contribution in [0.15, 0.2) is 22.7 Å². The largest absolute Gasteiger partial charge is 0.375 e. The molecule has 1 aromatic carbocycles. The highest BCUT2D eigenvalue weighted by Crippen LogP contribution is 2.33. The molecular formula is C11H11F2N3O. The average molecular weight is 239 g/mol. The Balaban J connectivity index is 2.65. The maximum Gasteiger partial charge on any atom is 0.222 e. The van der Waals surface area contributed by atoms with Crippen molar-refractivity contribution in [1.82, 2.24) is 5.16 Å². The summed E-state index contributed by atoms with van der Waals surface area (Å²) in [7, 11) is 3.23. The first-order valence-corrected chi connectivity index (χ1v) is 4.88. The third-order valence-electron chi connectivity index (χ3n) is 2.32. The fourth-order valence-electron chi connectivity index (χ4n) is 1.60. The molecule has 2 aromatic rings. The van der Waals surface area contributed by atoms with Crippen molar-refractivity contribution in [2.75, 3.05) is 24.7 Å². The molecule has 0 unspecified atom stereocenters. The lowest BCUT2D eigenvalue weighted by atomic mass is 10.1. The van der Waals surface area contributed by atoms with E-state index in [1.807, 2.05) is 0 Å². The molecule has 2 rings (SSSR count). The standard InChI is InChI=1S/C11H11F2N3O/c1-16(2)11-6(3-4-7(12)10(11)13)8-5-9(14)17-15-8/h3-5H,14H2,1-2H3. The molecule has 0 aliphatic rings. The van der Waals surface area contributed by atoms with Crippen LogP contribution in [0.2, 0.25) is 0 Å². The number of nitrogens with zero attached hydrogens (tertiary/aromatic N) is 2. The van der Waals surface area contributed by atoms with E-state index in [1.54, 1.807) is 14.1 Å². The summed E-state index contributed by atoms with van der Waals surface area (Å²) in [5.74, 6) is -1.71. The summed E-state index contributed by atoms with van der Waals surface area (Å²) in [6, 6.07) is 3.94. The van der Waals surface area contributed by atoms with E-state index in [0.717, 1.165) is 6.07 Å². The van der Waals surface area contributed by atoms with Crippen molar-refractivity contribution in [2.24, 2.45) is 0 Å². The number of anilines is 2. The Hall–Kier alpha value is -2.11. The van der Waals surface area contributed by atoms with Gasteiger partial charge in [0.25, 0.3) is 0 Å². The molecule has 0 atom stereocenters. The fourth-order valence-corrected chi connectivity index (χ4v) is 1.60. The molecular weight excluding hydrogens is 228 g/mol. The van der Waals surface area contributed by atoms with Crippen LogP contribution in [0, 0.1) is 11.6 Å². The molecule has 90 valence electrons. The van der Waals surface area contributed by atoms with E-state index in [9.17, 15) is 8.78 Å². The summed E-state index contributed by atoms with van der Waals surface area (Å²) in [4.78, 5) is 1.47. The summed E-state index contributed by atoms with van der Waals surface area (Å²) >= 11 is 0. The van der Waals surface area contributed by atoms with E-state index >= 15 is 0 Å². The molecule has 0 spiro atoms. The smallest absolute Gasteiger partial charge is 0.222 e. The predicted octanol–water partition coefficient (Wildman–Crippen LogP) is 2.27. The second kappa shape index (κ2) is 4.04. The molecule has 0 fully saturated rings. The zero-order valence-electron chi connectivity index (χ0n) is 9.37. The van der Waals surface area contributed by atoms with Crippen molar-refractivity contribution in [2.45, 2.75) is 0 Å². The van der Waals surface area contributed by atoms with Crippen LogP contribution in [0.25, 0.3) is 11.3 Å². The average Bonchev–Trinajstić information content (AvgIpc) is 2.68. The second-order valence-corrected chi connectivity index (χ2v) is 3.77. The van der Waals surface area contributed by atoms with Gasteiger partial charge in [0.1, 0.15) is 5.69 Å². The Labute approximate surface area is 96.6 Å². The highest BCUT2D eigenvalue weighted by atomic mass is 19.2.